The van der Waals surface area contributed by atoms with Crippen molar-refractivity contribution in [2.75, 3.05) is 5.73 Å². The summed E-state index contributed by atoms with van der Waals surface area (Å²) in [5.41, 5.74) is 5.86. The molecule has 0 amide bonds. The van der Waals surface area contributed by atoms with Gasteiger partial charge >= 0.3 is 0 Å². The van der Waals surface area contributed by atoms with Gasteiger partial charge in [-0.3, -0.25) is 4.79 Å². The van der Waals surface area contributed by atoms with E-state index in [2.05, 4.69) is 0 Å². The molecule has 18 heavy (non-hydrogen) atoms. The summed E-state index contributed by atoms with van der Waals surface area (Å²) in [6.07, 6.45) is 0. The van der Waals surface area contributed by atoms with Crippen LogP contribution in [0.25, 0.3) is 0 Å². The highest BCUT2D eigenvalue weighted by molar-refractivity contribution is 6.36. The normalized spacial score (nSPS) is 10.4. The molecule has 2 rings (SSSR count). The molecular formula is C13H8Cl2FNO. The first-order valence-corrected chi connectivity index (χ1v) is 5.79. The zero-order chi connectivity index (χ0) is 13.3. The van der Waals surface area contributed by atoms with Gasteiger partial charge in [0, 0.05) is 16.3 Å². The Morgan fingerprint density at radius 3 is 2.50 bits per heavy atom. The molecule has 0 spiro atoms. The van der Waals surface area contributed by atoms with Crippen LogP contribution in [-0.2, 0) is 0 Å². The molecule has 0 aliphatic rings. The molecule has 0 aliphatic carbocycles. The molecule has 2 aromatic rings. The summed E-state index contributed by atoms with van der Waals surface area (Å²) in [5.74, 6) is -1.20. The zero-order valence-corrected chi connectivity index (χ0v) is 10.6. The quantitative estimate of drug-likeness (QED) is 0.670. The van der Waals surface area contributed by atoms with Gasteiger partial charge in [0.1, 0.15) is 5.82 Å². The Morgan fingerprint density at radius 2 is 1.78 bits per heavy atom. The Bertz CT molecular complexity index is 575. The molecule has 0 bridgehead atoms. The van der Waals surface area contributed by atoms with Crippen LogP contribution in [0.2, 0.25) is 10.0 Å². The van der Waals surface area contributed by atoms with E-state index in [1.165, 1.54) is 24.3 Å². The van der Waals surface area contributed by atoms with Crippen molar-refractivity contribution in [3.05, 3.63) is 63.4 Å². The second kappa shape index (κ2) is 4.96. The largest absolute Gasteiger partial charge is 0.399 e. The van der Waals surface area contributed by atoms with Gasteiger partial charge in [-0.2, -0.15) is 0 Å². The minimum atomic E-state index is -0.648. The van der Waals surface area contributed by atoms with Gasteiger partial charge in [0.25, 0.3) is 0 Å². The summed E-state index contributed by atoms with van der Waals surface area (Å²) in [7, 11) is 0. The first-order valence-electron chi connectivity index (χ1n) is 5.04. The van der Waals surface area contributed by atoms with E-state index in [1.807, 2.05) is 0 Å². The lowest BCUT2D eigenvalue weighted by Crippen LogP contribution is -2.06. The van der Waals surface area contributed by atoms with E-state index in [0.29, 0.717) is 10.7 Å². The number of carbonyl (C=O) groups is 1. The molecule has 0 aliphatic heterocycles. The van der Waals surface area contributed by atoms with Gasteiger partial charge < -0.3 is 5.73 Å². The van der Waals surface area contributed by atoms with Gasteiger partial charge in [-0.05, 0) is 36.4 Å². The van der Waals surface area contributed by atoms with E-state index in [4.69, 9.17) is 28.9 Å². The van der Waals surface area contributed by atoms with Crippen molar-refractivity contribution >= 4 is 34.7 Å². The third-order valence-electron chi connectivity index (χ3n) is 2.41. The Kier molecular flexibility index (Phi) is 3.55. The number of nitrogens with two attached hydrogens (primary N) is 1. The van der Waals surface area contributed by atoms with Crippen LogP contribution in [-0.4, -0.2) is 5.78 Å². The van der Waals surface area contributed by atoms with Crippen LogP contribution in [0.3, 0.4) is 0 Å². The average molecular weight is 284 g/mol. The van der Waals surface area contributed by atoms with Crippen molar-refractivity contribution in [1.82, 2.24) is 0 Å². The summed E-state index contributed by atoms with van der Waals surface area (Å²) >= 11 is 11.7. The third kappa shape index (κ3) is 2.47. The maximum absolute atomic E-state index is 13.6. The molecule has 0 fully saturated rings. The van der Waals surface area contributed by atoms with E-state index in [1.54, 1.807) is 6.07 Å². The maximum Gasteiger partial charge on any atom is 0.197 e. The van der Waals surface area contributed by atoms with Gasteiger partial charge in [0.15, 0.2) is 5.78 Å². The number of hydrogen-bond donors (Lipinski definition) is 1. The van der Waals surface area contributed by atoms with Crippen molar-refractivity contribution in [1.29, 1.82) is 0 Å². The minimum absolute atomic E-state index is 0.126. The fourth-order valence-electron chi connectivity index (χ4n) is 1.53. The molecular weight excluding hydrogens is 276 g/mol. The summed E-state index contributed by atoms with van der Waals surface area (Å²) in [5, 5.41) is 0.568. The Labute approximate surface area is 113 Å². The van der Waals surface area contributed by atoms with Crippen LogP contribution < -0.4 is 5.73 Å². The van der Waals surface area contributed by atoms with Crippen LogP contribution >= 0.6 is 23.2 Å². The molecule has 2 N–H and O–H groups in total. The Morgan fingerprint density at radius 1 is 1.06 bits per heavy atom. The third-order valence-corrected chi connectivity index (χ3v) is 2.97. The number of nitrogen functional groups attached to an aromatic ring is 1. The Balaban J connectivity index is 2.54. The maximum atomic E-state index is 13.6. The van der Waals surface area contributed by atoms with Gasteiger partial charge in [-0.15, -0.1) is 0 Å². The van der Waals surface area contributed by atoms with Gasteiger partial charge in [0.2, 0.25) is 0 Å². The highest BCUT2D eigenvalue weighted by Crippen LogP contribution is 2.25. The molecule has 5 heteroatoms. The lowest BCUT2D eigenvalue weighted by molar-refractivity contribution is 0.103. The number of benzene rings is 2. The fraction of sp³-hybridized carbons (Fsp3) is 0. The predicted molar refractivity (Wildman–Crippen MR) is 70.7 cm³/mol. The number of anilines is 1. The Hall–Kier alpha value is -1.58. The summed E-state index contributed by atoms with van der Waals surface area (Å²) in [4.78, 5) is 12.2. The van der Waals surface area contributed by atoms with E-state index in [-0.39, 0.29) is 16.1 Å². The van der Waals surface area contributed by atoms with Crippen molar-refractivity contribution in [2.24, 2.45) is 0 Å². The molecule has 0 saturated carbocycles. The number of halogens is 3. The van der Waals surface area contributed by atoms with E-state index in [0.717, 1.165) is 6.07 Å². The number of hydrogen-bond acceptors (Lipinski definition) is 2. The van der Waals surface area contributed by atoms with E-state index in [9.17, 15) is 9.18 Å². The molecule has 92 valence electrons. The van der Waals surface area contributed by atoms with Crippen molar-refractivity contribution < 1.29 is 9.18 Å². The smallest absolute Gasteiger partial charge is 0.197 e. The molecule has 0 atom stereocenters. The van der Waals surface area contributed by atoms with Crippen LogP contribution in [0.15, 0.2) is 36.4 Å². The van der Waals surface area contributed by atoms with E-state index >= 15 is 0 Å². The van der Waals surface area contributed by atoms with Gasteiger partial charge in [0.05, 0.1) is 10.6 Å². The monoisotopic (exact) mass is 283 g/mol. The molecule has 0 heterocycles. The standard InChI is InChI=1S/C13H8Cl2FNO/c14-7-1-3-11(15)9(5-7)13(18)10-6-8(17)2-4-12(10)16/h1-6H,17H2. The summed E-state index contributed by atoms with van der Waals surface area (Å²) in [6, 6.07) is 8.23. The lowest BCUT2D eigenvalue weighted by Gasteiger charge is -2.06. The predicted octanol–water partition coefficient (Wildman–Crippen LogP) is 3.95. The molecule has 0 unspecified atom stereocenters. The summed E-state index contributed by atoms with van der Waals surface area (Å²) < 4.78 is 13.6. The SMILES string of the molecule is Nc1ccc(F)c(C(=O)c2cc(Cl)ccc2Cl)c1. The molecule has 0 saturated heterocycles. The highest BCUT2D eigenvalue weighted by Gasteiger charge is 2.17. The van der Waals surface area contributed by atoms with Gasteiger partial charge in [-0.25, -0.2) is 4.39 Å². The number of ketones is 1. The first-order chi connectivity index (χ1) is 8.49. The minimum Gasteiger partial charge on any atom is -0.399 e. The topological polar surface area (TPSA) is 43.1 Å². The van der Waals surface area contributed by atoms with E-state index < -0.39 is 11.6 Å². The van der Waals surface area contributed by atoms with Crippen LogP contribution in [0.4, 0.5) is 10.1 Å². The van der Waals surface area contributed by atoms with Crippen molar-refractivity contribution in [2.45, 2.75) is 0 Å². The highest BCUT2D eigenvalue weighted by atomic mass is 35.5. The zero-order valence-electron chi connectivity index (χ0n) is 9.08. The molecule has 0 radical (unpaired) electrons. The number of rotatable bonds is 2. The van der Waals surface area contributed by atoms with Crippen LogP contribution in [0.5, 0.6) is 0 Å². The van der Waals surface area contributed by atoms with Crippen LogP contribution in [0, 0.1) is 5.82 Å². The van der Waals surface area contributed by atoms with Crippen LogP contribution in [0.1, 0.15) is 15.9 Å². The van der Waals surface area contributed by atoms with Crippen molar-refractivity contribution in [3.8, 4) is 0 Å². The average Bonchev–Trinajstić information content (AvgIpc) is 2.34. The van der Waals surface area contributed by atoms with Crippen molar-refractivity contribution in [3.63, 3.8) is 0 Å². The molecule has 2 nitrogen and oxygen atoms in total. The molecule has 2 aromatic carbocycles. The fourth-order valence-corrected chi connectivity index (χ4v) is 1.91. The van der Waals surface area contributed by atoms with Gasteiger partial charge in [-0.1, -0.05) is 23.2 Å². The molecule has 0 aromatic heterocycles. The second-order valence-electron chi connectivity index (χ2n) is 3.69. The summed E-state index contributed by atoms with van der Waals surface area (Å²) in [6.45, 7) is 0. The lowest BCUT2D eigenvalue weighted by atomic mass is 10.0. The first kappa shape index (κ1) is 12.9. The second-order valence-corrected chi connectivity index (χ2v) is 4.54. The number of carbonyl (C=O) groups excluding carboxylic acids is 1.